The van der Waals surface area contributed by atoms with Crippen LogP contribution in [0.2, 0.25) is 5.15 Å². The molecule has 2 aliphatic rings. The number of anilines is 2. The average Bonchev–Trinajstić information content (AvgIpc) is 2.73. The van der Waals surface area contributed by atoms with Crippen LogP contribution in [0.1, 0.15) is 85.0 Å². The van der Waals surface area contributed by atoms with Gasteiger partial charge in [-0.3, -0.25) is 0 Å². The molecule has 2 aliphatic carbocycles. The summed E-state index contributed by atoms with van der Waals surface area (Å²) in [5, 5.41) is 7.41. The van der Waals surface area contributed by atoms with Gasteiger partial charge in [0, 0.05) is 30.7 Å². The van der Waals surface area contributed by atoms with Crippen molar-refractivity contribution in [2.24, 2.45) is 0 Å². The minimum absolute atomic E-state index is 0.162. The lowest BCUT2D eigenvalue weighted by atomic mass is 9.91. The number of carbonyl (C=O) groups is 1. The van der Waals surface area contributed by atoms with Crippen LogP contribution >= 0.6 is 11.6 Å². The van der Waals surface area contributed by atoms with Crippen molar-refractivity contribution in [3.63, 3.8) is 0 Å². The first-order valence-electron chi connectivity index (χ1n) is 12.5. The summed E-state index contributed by atoms with van der Waals surface area (Å²) in [6, 6.07) is 2.69. The van der Waals surface area contributed by atoms with Crippen LogP contribution in [-0.4, -0.2) is 57.8 Å². The first-order valence-corrected chi connectivity index (χ1v) is 12.9. The summed E-state index contributed by atoms with van der Waals surface area (Å²) >= 11 is 5.97. The Morgan fingerprint density at radius 3 is 2.42 bits per heavy atom. The number of hydrogen-bond donors (Lipinski definition) is 3. The van der Waals surface area contributed by atoms with Gasteiger partial charge in [0.25, 0.3) is 0 Å². The van der Waals surface area contributed by atoms with E-state index in [4.69, 9.17) is 22.1 Å². The maximum atomic E-state index is 12.8. The van der Waals surface area contributed by atoms with Crippen LogP contribution in [0.25, 0.3) is 0 Å². The van der Waals surface area contributed by atoms with Crippen molar-refractivity contribution in [3.8, 4) is 0 Å². The lowest BCUT2D eigenvalue weighted by Gasteiger charge is -2.36. The van der Waals surface area contributed by atoms with Gasteiger partial charge in [0.05, 0.1) is 0 Å². The maximum Gasteiger partial charge on any atom is 0.410 e. The minimum Gasteiger partial charge on any atom is -0.444 e. The van der Waals surface area contributed by atoms with Crippen LogP contribution in [0, 0.1) is 0 Å². The molecule has 1 amide bonds. The Kier molecular flexibility index (Phi) is 9.44. The van der Waals surface area contributed by atoms with E-state index in [1.54, 1.807) is 6.07 Å². The summed E-state index contributed by atoms with van der Waals surface area (Å²) in [7, 11) is 0. The molecule has 33 heavy (non-hydrogen) atoms. The molecule has 9 heteroatoms. The molecule has 186 valence electrons. The molecule has 4 N–H and O–H groups in total. The first-order chi connectivity index (χ1) is 15.7. The smallest absolute Gasteiger partial charge is 0.410 e. The number of ether oxygens (including phenoxy) is 1. The topological polar surface area (TPSA) is 105 Å². The summed E-state index contributed by atoms with van der Waals surface area (Å²) in [6.45, 7) is 7.46. The van der Waals surface area contributed by atoms with Crippen molar-refractivity contribution in [3.05, 3.63) is 11.2 Å². The van der Waals surface area contributed by atoms with Crippen LogP contribution in [0.5, 0.6) is 0 Å². The fourth-order valence-electron chi connectivity index (χ4n) is 4.82. The summed E-state index contributed by atoms with van der Waals surface area (Å²) in [4.78, 5) is 23.2. The Morgan fingerprint density at radius 2 is 1.79 bits per heavy atom. The maximum absolute atomic E-state index is 12.8. The molecular weight excluding hydrogens is 440 g/mol. The van der Waals surface area contributed by atoms with Gasteiger partial charge in [0.2, 0.25) is 5.95 Å². The molecule has 2 fully saturated rings. The molecule has 3 rings (SSSR count). The van der Waals surface area contributed by atoms with Crippen LogP contribution in [0.15, 0.2) is 6.07 Å². The summed E-state index contributed by atoms with van der Waals surface area (Å²) in [5.74, 6) is 0.878. The third-order valence-corrected chi connectivity index (χ3v) is 6.62. The second-order valence-corrected chi connectivity index (χ2v) is 10.8. The number of aromatic nitrogens is 2. The minimum atomic E-state index is -0.462. The van der Waals surface area contributed by atoms with Gasteiger partial charge in [0.1, 0.15) is 16.6 Å². The molecule has 0 unspecified atom stereocenters. The van der Waals surface area contributed by atoms with Gasteiger partial charge in [-0.1, -0.05) is 30.9 Å². The molecule has 0 aromatic carbocycles. The second kappa shape index (κ2) is 12.1. The predicted octanol–water partition coefficient (Wildman–Crippen LogP) is 4.98. The van der Waals surface area contributed by atoms with E-state index >= 15 is 0 Å². The number of amides is 1. The molecule has 1 heterocycles. The quantitative estimate of drug-likeness (QED) is 0.355. The molecule has 1 aromatic heterocycles. The Balaban J connectivity index is 1.39. The second-order valence-electron chi connectivity index (χ2n) is 10.4. The molecule has 0 radical (unpaired) electrons. The highest BCUT2D eigenvalue weighted by molar-refractivity contribution is 6.29. The van der Waals surface area contributed by atoms with E-state index in [9.17, 15) is 4.79 Å². The summed E-state index contributed by atoms with van der Waals surface area (Å²) < 4.78 is 5.71. The molecular formula is C24H41ClN6O2. The van der Waals surface area contributed by atoms with Gasteiger partial charge in [-0.15, -0.1) is 0 Å². The number of nitrogens with zero attached hydrogens (tertiary/aromatic N) is 3. The highest BCUT2D eigenvalue weighted by atomic mass is 35.5. The van der Waals surface area contributed by atoms with E-state index in [2.05, 4.69) is 20.6 Å². The van der Waals surface area contributed by atoms with Gasteiger partial charge in [-0.05, 0) is 72.3 Å². The van der Waals surface area contributed by atoms with Crippen LogP contribution < -0.4 is 16.4 Å². The lowest BCUT2D eigenvalue weighted by Crippen LogP contribution is -2.45. The number of nitrogens with two attached hydrogens (primary N) is 1. The predicted molar refractivity (Wildman–Crippen MR) is 134 cm³/mol. The molecule has 0 saturated heterocycles. The summed E-state index contributed by atoms with van der Waals surface area (Å²) in [6.07, 6.45) is 10.9. The number of halogens is 1. The fraction of sp³-hybridized carbons (Fsp3) is 0.792. The zero-order valence-electron chi connectivity index (χ0n) is 20.4. The molecule has 8 nitrogen and oxygen atoms in total. The third-order valence-electron chi connectivity index (χ3n) is 6.43. The molecule has 0 spiro atoms. The molecule has 1 aromatic rings. The van der Waals surface area contributed by atoms with Crippen LogP contribution in [0.4, 0.5) is 16.6 Å². The number of hydrogen-bond acceptors (Lipinski definition) is 7. The SMILES string of the molecule is CC(C)(C)OC(=O)N(CCCNC1CCC(Nc2nc(N)cc(Cl)n2)CC1)C1CCCCC1. The molecule has 0 aliphatic heterocycles. The number of carbonyl (C=O) groups excluding carboxylic acids is 1. The first kappa shape index (κ1) is 25.8. The van der Waals surface area contributed by atoms with E-state index in [1.807, 2.05) is 25.7 Å². The Morgan fingerprint density at radius 1 is 1.12 bits per heavy atom. The van der Waals surface area contributed by atoms with Crippen molar-refractivity contribution >= 4 is 29.5 Å². The monoisotopic (exact) mass is 480 g/mol. The van der Waals surface area contributed by atoms with Crippen molar-refractivity contribution in [2.75, 3.05) is 24.1 Å². The summed E-state index contributed by atoms with van der Waals surface area (Å²) in [5.41, 5.74) is 5.29. The lowest BCUT2D eigenvalue weighted by molar-refractivity contribution is 0.0119. The number of rotatable bonds is 8. The van der Waals surface area contributed by atoms with Gasteiger partial charge in [-0.2, -0.15) is 4.98 Å². The van der Waals surface area contributed by atoms with E-state index in [1.165, 1.54) is 19.3 Å². The van der Waals surface area contributed by atoms with E-state index < -0.39 is 5.60 Å². The van der Waals surface area contributed by atoms with Crippen molar-refractivity contribution in [1.29, 1.82) is 0 Å². The normalized spacial score (nSPS) is 22.1. The zero-order chi connectivity index (χ0) is 23.8. The third kappa shape index (κ3) is 8.81. The van der Waals surface area contributed by atoms with Crippen molar-refractivity contribution in [2.45, 2.75) is 109 Å². The Hall–Kier alpha value is -1.80. The number of nitrogens with one attached hydrogen (secondary N) is 2. The Labute approximate surface area is 203 Å². The van der Waals surface area contributed by atoms with Crippen molar-refractivity contribution in [1.82, 2.24) is 20.2 Å². The van der Waals surface area contributed by atoms with E-state index in [0.29, 0.717) is 35.0 Å². The van der Waals surface area contributed by atoms with Crippen LogP contribution in [0.3, 0.4) is 0 Å². The van der Waals surface area contributed by atoms with Crippen molar-refractivity contribution < 1.29 is 9.53 Å². The highest BCUT2D eigenvalue weighted by Gasteiger charge is 2.29. The van der Waals surface area contributed by atoms with Gasteiger partial charge in [0.15, 0.2) is 0 Å². The average molecular weight is 481 g/mol. The number of nitrogen functional groups attached to an aromatic ring is 1. The molecule has 0 bridgehead atoms. The van der Waals surface area contributed by atoms with E-state index in [0.717, 1.165) is 58.0 Å². The van der Waals surface area contributed by atoms with E-state index in [-0.39, 0.29) is 6.09 Å². The van der Waals surface area contributed by atoms with Crippen LogP contribution in [-0.2, 0) is 4.74 Å². The molecule has 0 atom stereocenters. The molecule has 2 saturated carbocycles. The zero-order valence-corrected chi connectivity index (χ0v) is 21.2. The van der Waals surface area contributed by atoms with Gasteiger partial charge in [-0.25, -0.2) is 9.78 Å². The van der Waals surface area contributed by atoms with Gasteiger partial charge < -0.3 is 26.0 Å². The largest absolute Gasteiger partial charge is 0.444 e. The highest BCUT2D eigenvalue weighted by Crippen LogP contribution is 2.25. The Bertz CT molecular complexity index is 738. The fourth-order valence-corrected chi connectivity index (χ4v) is 5.01. The standard InChI is InChI=1S/C24H41ClN6O2/c1-24(2,3)33-23(32)31(19-8-5-4-6-9-19)15-7-14-27-17-10-12-18(13-11-17)28-22-29-20(25)16-21(26)30-22/h16-19,27H,4-15H2,1-3H3,(H3,26,28,29,30). The van der Waals surface area contributed by atoms with Gasteiger partial charge >= 0.3 is 6.09 Å².